The van der Waals surface area contributed by atoms with E-state index in [0.29, 0.717) is 18.3 Å². The Morgan fingerprint density at radius 2 is 2.06 bits per heavy atom. The second-order valence-electron chi connectivity index (χ2n) is 4.06. The summed E-state index contributed by atoms with van der Waals surface area (Å²) in [6, 6.07) is 0. The Morgan fingerprint density at radius 1 is 1.38 bits per heavy atom. The van der Waals surface area contributed by atoms with Crippen molar-refractivity contribution < 1.29 is 9.53 Å². The third-order valence-corrected chi connectivity index (χ3v) is 3.31. The predicted octanol–water partition coefficient (Wildman–Crippen LogP) is 3.36. The van der Waals surface area contributed by atoms with Crippen LogP contribution in [0.2, 0.25) is 0 Å². The summed E-state index contributed by atoms with van der Waals surface area (Å²) in [7, 11) is 0. The molecule has 0 aromatic carbocycles. The maximum Gasteiger partial charge on any atom is 0.318 e. The number of carbonyl (C=O) groups excluding carboxylic acids is 1. The second-order valence-corrected chi connectivity index (χ2v) is 5.13. The zero-order valence-electron chi connectivity index (χ0n) is 10.3. The molecule has 0 spiro atoms. The van der Waals surface area contributed by atoms with Crippen LogP contribution in [0, 0.1) is 5.92 Å². The topological polar surface area (TPSA) is 26.3 Å². The van der Waals surface area contributed by atoms with E-state index in [1.807, 2.05) is 0 Å². The predicted molar refractivity (Wildman–Crippen MR) is 75.5 cm³/mol. The van der Waals surface area contributed by atoms with Crippen LogP contribution in [0.1, 0.15) is 46.0 Å². The fourth-order valence-corrected chi connectivity index (χ4v) is 2.10. The van der Waals surface area contributed by atoms with E-state index >= 15 is 0 Å². The van der Waals surface area contributed by atoms with Crippen LogP contribution in [0.3, 0.4) is 0 Å². The van der Waals surface area contributed by atoms with E-state index in [-0.39, 0.29) is 11.2 Å². The first-order valence-corrected chi connectivity index (χ1v) is 7.26. The first-order chi connectivity index (χ1) is 7.65. The van der Waals surface area contributed by atoms with Gasteiger partial charge in [0.25, 0.3) is 0 Å². The molecule has 0 fully saturated rings. The van der Waals surface area contributed by atoms with E-state index in [1.54, 1.807) is 0 Å². The number of carbonyl (C=O) groups is 1. The molecule has 0 N–H and O–H groups in total. The number of unbranched alkanes of at least 4 members (excludes halogenated alkanes) is 1. The molecular formula is C12H24O2S2. The molecule has 0 aliphatic carbocycles. The number of esters is 1. The van der Waals surface area contributed by atoms with Crippen molar-refractivity contribution in [3.05, 3.63) is 0 Å². The zero-order valence-corrected chi connectivity index (χ0v) is 12.1. The summed E-state index contributed by atoms with van der Waals surface area (Å²) in [4.78, 5) is 11.5. The minimum atomic E-state index is -0.276. The lowest BCUT2D eigenvalue weighted by Crippen LogP contribution is -2.22. The molecule has 0 rings (SSSR count). The van der Waals surface area contributed by atoms with Crippen molar-refractivity contribution in [2.45, 2.75) is 51.2 Å². The van der Waals surface area contributed by atoms with E-state index < -0.39 is 0 Å². The minimum absolute atomic E-state index is 0.202. The average molecular weight is 264 g/mol. The van der Waals surface area contributed by atoms with Crippen LogP contribution in [-0.4, -0.2) is 23.6 Å². The maximum atomic E-state index is 11.5. The van der Waals surface area contributed by atoms with Gasteiger partial charge >= 0.3 is 5.97 Å². The fraction of sp³-hybridized carbons (Fsp3) is 0.917. The van der Waals surface area contributed by atoms with Gasteiger partial charge in [-0.3, -0.25) is 4.79 Å². The van der Waals surface area contributed by atoms with Gasteiger partial charge in [0.05, 0.1) is 5.25 Å². The molecule has 0 bridgehead atoms. The van der Waals surface area contributed by atoms with Gasteiger partial charge in [-0.1, -0.05) is 39.5 Å². The molecule has 0 saturated heterocycles. The molecule has 2 nitrogen and oxygen atoms in total. The van der Waals surface area contributed by atoms with Gasteiger partial charge in [0.2, 0.25) is 0 Å². The van der Waals surface area contributed by atoms with Crippen molar-refractivity contribution in [1.29, 1.82) is 0 Å². The summed E-state index contributed by atoms with van der Waals surface area (Å²) >= 11 is 8.31. The third kappa shape index (κ3) is 7.44. The molecule has 0 radical (unpaired) electrons. The normalized spacial score (nSPS) is 14.5. The molecule has 0 aromatic rings. The molecule has 0 heterocycles. The highest BCUT2D eigenvalue weighted by atomic mass is 32.1. The Morgan fingerprint density at radius 3 is 2.56 bits per heavy atom. The molecule has 0 aliphatic rings. The third-order valence-electron chi connectivity index (χ3n) is 2.71. The molecule has 0 aromatic heterocycles. The number of hydrogen-bond donors (Lipinski definition) is 2. The molecule has 0 aliphatic heterocycles. The zero-order chi connectivity index (χ0) is 12.4. The van der Waals surface area contributed by atoms with Gasteiger partial charge < -0.3 is 4.74 Å². The lowest BCUT2D eigenvalue weighted by molar-refractivity contribution is -0.142. The molecule has 4 heteroatoms. The molecular weight excluding hydrogens is 240 g/mol. The summed E-state index contributed by atoms with van der Waals surface area (Å²) in [5.41, 5.74) is 0. The summed E-state index contributed by atoms with van der Waals surface area (Å²) in [5.74, 6) is 0.956. The number of thiol groups is 2. The molecule has 16 heavy (non-hydrogen) atoms. The van der Waals surface area contributed by atoms with Crippen molar-refractivity contribution >= 4 is 31.2 Å². The highest BCUT2D eigenvalue weighted by molar-refractivity contribution is 7.81. The highest BCUT2D eigenvalue weighted by Gasteiger charge is 2.19. The first-order valence-electron chi connectivity index (χ1n) is 6.11. The molecule has 2 unspecified atom stereocenters. The largest absolute Gasteiger partial charge is 0.464 e. The van der Waals surface area contributed by atoms with Gasteiger partial charge in [0, 0.05) is 5.75 Å². The molecule has 0 saturated carbocycles. The molecule has 2 atom stereocenters. The standard InChI is InChI=1S/C12H24O2S2/c1-3-5-6-10(4-2)9-11(16)12(13)14-7-8-15/h10-11,15-16H,3-9H2,1-2H3. The van der Waals surface area contributed by atoms with Gasteiger partial charge in [-0.05, 0) is 12.3 Å². The van der Waals surface area contributed by atoms with Gasteiger partial charge in [-0.25, -0.2) is 0 Å². The van der Waals surface area contributed by atoms with E-state index in [4.69, 9.17) is 4.74 Å². The second kappa shape index (κ2) is 10.3. The highest BCUT2D eigenvalue weighted by Crippen LogP contribution is 2.21. The Kier molecular flexibility index (Phi) is 10.4. The van der Waals surface area contributed by atoms with E-state index in [0.717, 1.165) is 12.8 Å². The van der Waals surface area contributed by atoms with Crippen LogP contribution in [0.25, 0.3) is 0 Å². The number of ether oxygens (including phenoxy) is 1. The van der Waals surface area contributed by atoms with Crippen LogP contribution in [0.5, 0.6) is 0 Å². The van der Waals surface area contributed by atoms with Crippen LogP contribution in [0.15, 0.2) is 0 Å². The minimum Gasteiger partial charge on any atom is -0.464 e. The van der Waals surface area contributed by atoms with Crippen molar-refractivity contribution in [3.8, 4) is 0 Å². The van der Waals surface area contributed by atoms with Gasteiger partial charge in [-0.15, -0.1) is 0 Å². The Labute approximate surface area is 110 Å². The van der Waals surface area contributed by atoms with Crippen molar-refractivity contribution in [2.24, 2.45) is 5.92 Å². The fourth-order valence-electron chi connectivity index (χ4n) is 1.64. The lowest BCUT2D eigenvalue weighted by Gasteiger charge is -2.17. The average Bonchev–Trinajstić information content (AvgIpc) is 2.30. The van der Waals surface area contributed by atoms with Crippen molar-refractivity contribution in [2.75, 3.05) is 12.4 Å². The van der Waals surface area contributed by atoms with Crippen LogP contribution in [0.4, 0.5) is 0 Å². The van der Waals surface area contributed by atoms with Crippen LogP contribution < -0.4 is 0 Å². The Hall–Kier alpha value is 0.170. The number of rotatable bonds is 9. The van der Waals surface area contributed by atoms with Gasteiger partial charge in [0.15, 0.2) is 0 Å². The quantitative estimate of drug-likeness (QED) is 0.493. The smallest absolute Gasteiger partial charge is 0.318 e. The van der Waals surface area contributed by atoms with Gasteiger partial charge in [0.1, 0.15) is 6.61 Å². The SMILES string of the molecule is CCCCC(CC)CC(S)C(=O)OCCS. The Bertz CT molecular complexity index is 186. The van der Waals surface area contributed by atoms with Crippen molar-refractivity contribution in [3.63, 3.8) is 0 Å². The van der Waals surface area contributed by atoms with E-state index in [2.05, 4.69) is 39.1 Å². The molecule has 0 amide bonds. The maximum absolute atomic E-state index is 11.5. The number of hydrogen-bond acceptors (Lipinski definition) is 4. The van der Waals surface area contributed by atoms with E-state index in [9.17, 15) is 4.79 Å². The van der Waals surface area contributed by atoms with E-state index in [1.165, 1.54) is 19.3 Å². The summed E-state index contributed by atoms with van der Waals surface area (Å²) in [6.45, 7) is 4.73. The van der Waals surface area contributed by atoms with Crippen LogP contribution >= 0.6 is 25.3 Å². The van der Waals surface area contributed by atoms with Crippen LogP contribution in [-0.2, 0) is 9.53 Å². The molecule has 96 valence electrons. The monoisotopic (exact) mass is 264 g/mol. The lowest BCUT2D eigenvalue weighted by atomic mass is 9.94. The summed E-state index contributed by atoms with van der Waals surface area (Å²) < 4.78 is 5.01. The van der Waals surface area contributed by atoms with Gasteiger partial charge in [-0.2, -0.15) is 25.3 Å². The summed E-state index contributed by atoms with van der Waals surface area (Å²) in [6.07, 6.45) is 5.55. The first kappa shape index (κ1) is 16.2. The summed E-state index contributed by atoms with van der Waals surface area (Å²) in [5, 5.41) is -0.276. The van der Waals surface area contributed by atoms with Crippen molar-refractivity contribution in [1.82, 2.24) is 0 Å². The Balaban J connectivity index is 3.88.